The molecule has 3 aliphatic carbocycles. The molecule has 2 fully saturated rings. The highest BCUT2D eigenvalue weighted by Gasteiger charge is 2.53. The molecule has 1 aromatic rings. The summed E-state index contributed by atoms with van der Waals surface area (Å²) in [4.78, 5) is 6.75. The molecule has 1 aromatic heterocycles. The molecule has 0 bridgehead atoms. The van der Waals surface area contributed by atoms with E-state index in [4.69, 9.17) is 4.98 Å². The van der Waals surface area contributed by atoms with Crippen LogP contribution in [-0.4, -0.2) is 11.0 Å². The molecule has 4 rings (SSSR count). The van der Waals surface area contributed by atoms with Crippen LogP contribution in [0.2, 0.25) is 0 Å². The van der Waals surface area contributed by atoms with E-state index in [1.165, 1.54) is 62.1 Å². The van der Waals surface area contributed by atoms with Crippen molar-refractivity contribution in [2.24, 2.45) is 11.3 Å². The highest BCUT2D eigenvalue weighted by molar-refractivity contribution is 7.11. The quantitative estimate of drug-likeness (QED) is 0.894. The number of hydrogen-bond acceptors (Lipinski definition) is 3. The fraction of sp³-hybridized carbons (Fsp3) is 0.833. The van der Waals surface area contributed by atoms with E-state index in [2.05, 4.69) is 26.1 Å². The van der Waals surface area contributed by atoms with E-state index in [0.29, 0.717) is 11.3 Å². The van der Waals surface area contributed by atoms with Gasteiger partial charge in [0.15, 0.2) is 0 Å². The minimum Gasteiger partial charge on any atom is -0.302 e. The molecule has 0 aromatic carbocycles. The largest absolute Gasteiger partial charge is 0.302 e. The van der Waals surface area contributed by atoms with Gasteiger partial charge in [-0.2, -0.15) is 0 Å². The maximum Gasteiger partial charge on any atom is 0.114 e. The van der Waals surface area contributed by atoms with Gasteiger partial charge < -0.3 is 5.32 Å². The summed E-state index contributed by atoms with van der Waals surface area (Å²) in [5.74, 6) is 0.695. The van der Waals surface area contributed by atoms with Crippen LogP contribution in [0.4, 0.5) is 0 Å². The van der Waals surface area contributed by atoms with E-state index in [9.17, 15) is 0 Å². The Morgan fingerprint density at radius 2 is 1.95 bits per heavy atom. The molecule has 0 radical (unpaired) electrons. The Labute approximate surface area is 132 Å². The molecule has 0 amide bonds. The molecule has 2 saturated carbocycles. The Bertz CT molecular complexity index is 520. The van der Waals surface area contributed by atoms with Crippen LogP contribution in [0, 0.1) is 11.3 Å². The minimum absolute atomic E-state index is 0.159. The monoisotopic (exact) mass is 304 g/mol. The molecule has 0 spiro atoms. The zero-order chi connectivity index (χ0) is 14.7. The molecule has 2 atom stereocenters. The Balaban J connectivity index is 1.73. The third-order valence-electron chi connectivity index (χ3n) is 5.72. The van der Waals surface area contributed by atoms with Gasteiger partial charge in [-0.05, 0) is 62.7 Å². The summed E-state index contributed by atoms with van der Waals surface area (Å²) in [6.07, 6.45) is 10.5. The number of hydrogen-bond donors (Lipinski definition) is 1. The first-order valence-corrected chi connectivity index (χ1v) is 9.57. The maximum absolute atomic E-state index is 5.16. The predicted octanol–water partition coefficient (Wildman–Crippen LogP) is 4.43. The van der Waals surface area contributed by atoms with Crippen LogP contribution in [0.25, 0.3) is 0 Å². The van der Waals surface area contributed by atoms with Gasteiger partial charge in [-0.15, -0.1) is 11.3 Å². The zero-order valence-electron chi connectivity index (χ0n) is 13.7. The third kappa shape index (κ3) is 2.46. The molecule has 3 heteroatoms. The fourth-order valence-corrected chi connectivity index (χ4v) is 6.10. The van der Waals surface area contributed by atoms with Crippen molar-refractivity contribution in [3.05, 3.63) is 15.6 Å². The summed E-state index contributed by atoms with van der Waals surface area (Å²) in [5, 5.41) is 5.46. The van der Waals surface area contributed by atoms with Gasteiger partial charge in [0.05, 0.1) is 11.2 Å². The molecule has 2 nitrogen and oxygen atoms in total. The first kappa shape index (κ1) is 14.2. The standard InChI is InChI=1S/C18H28N2S/c1-12-10-17(2,3)11-18(12,20-13-8-9-13)16-19-14-6-4-5-7-15(14)21-16/h12-13,20H,4-11H2,1-3H3. The molecule has 116 valence electrons. The number of thiazole rings is 1. The summed E-state index contributed by atoms with van der Waals surface area (Å²) in [7, 11) is 0. The van der Waals surface area contributed by atoms with Gasteiger partial charge >= 0.3 is 0 Å². The van der Waals surface area contributed by atoms with E-state index in [-0.39, 0.29) is 5.54 Å². The van der Waals surface area contributed by atoms with Crippen molar-refractivity contribution in [1.29, 1.82) is 0 Å². The van der Waals surface area contributed by atoms with Crippen molar-refractivity contribution in [1.82, 2.24) is 10.3 Å². The second-order valence-corrected chi connectivity index (χ2v) is 9.52. The lowest BCUT2D eigenvalue weighted by Gasteiger charge is -2.34. The van der Waals surface area contributed by atoms with Crippen molar-refractivity contribution < 1.29 is 0 Å². The Hall–Kier alpha value is -0.410. The molecule has 0 saturated heterocycles. The molecule has 1 N–H and O–H groups in total. The molecular weight excluding hydrogens is 276 g/mol. The predicted molar refractivity (Wildman–Crippen MR) is 88.8 cm³/mol. The Morgan fingerprint density at radius 1 is 1.19 bits per heavy atom. The lowest BCUT2D eigenvalue weighted by Crippen LogP contribution is -2.46. The van der Waals surface area contributed by atoms with Crippen molar-refractivity contribution in [3.8, 4) is 0 Å². The van der Waals surface area contributed by atoms with E-state index >= 15 is 0 Å². The summed E-state index contributed by atoms with van der Waals surface area (Å²) >= 11 is 2.03. The van der Waals surface area contributed by atoms with Gasteiger partial charge in [-0.3, -0.25) is 0 Å². The van der Waals surface area contributed by atoms with Crippen molar-refractivity contribution in [2.75, 3.05) is 0 Å². The second-order valence-electron chi connectivity index (χ2n) is 8.43. The van der Waals surface area contributed by atoms with E-state index in [0.717, 1.165) is 6.04 Å². The van der Waals surface area contributed by atoms with E-state index < -0.39 is 0 Å². The highest BCUT2D eigenvalue weighted by Crippen LogP contribution is 2.54. The van der Waals surface area contributed by atoms with E-state index in [1.807, 2.05) is 11.3 Å². The van der Waals surface area contributed by atoms with Crippen LogP contribution in [0.5, 0.6) is 0 Å². The average Bonchev–Trinajstić information content (AvgIpc) is 3.05. The lowest BCUT2D eigenvalue weighted by molar-refractivity contribution is 0.247. The van der Waals surface area contributed by atoms with Crippen LogP contribution in [0.15, 0.2) is 0 Å². The van der Waals surface area contributed by atoms with Crippen LogP contribution >= 0.6 is 11.3 Å². The topological polar surface area (TPSA) is 24.9 Å². The Kier molecular flexibility index (Phi) is 3.24. The van der Waals surface area contributed by atoms with E-state index in [1.54, 1.807) is 4.88 Å². The third-order valence-corrected chi connectivity index (χ3v) is 7.06. The summed E-state index contributed by atoms with van der Waals surface area (Å²) in [6.45, 7) is 7.32. The number of nitrogens with zero attached hydrogens (tertiary/aromatic N) is 1. The van der Waals surface area contributed by atoms with Gasteiger partial charge in [0.1, 0.15) is 5.01 Å². The number of fused-ring (bicyclic) bond motifs is 1. The normalized spacial score (nSPS) is 34.9. The SMILES string of the molecule is CC1CC(C)(C)CC1(NC1CC1)c1nc2c(s1)CCCC2. The maximum atomic E-state index is 5.16. The van der Waals surface area contributed by atoms with Crippen molar-refractivity contribution >= 4 is 11.3 Å². The van der Waals surface area contributed by atoms with Gasteiger partial charge in [-0.1, -0.05) is 20.8 Å². The molecule has 0 aliphatic heterocycles. The molecule has 21 heavy (non-hydrogen) atoms. The first-order chi connectivity index (χ1) is 9.98. The minimum atomic E-state index is 0.159. The van der Waals surface area contributed by atoms with Crippen molar-refractivity contribution in [2.45, 2.75) is 83.7 Å². The van der Waals surface area contributed by atoms with Crippen LogP contribution in [0.1, 0.15) is 74.9 Å². The number of aryl methyl sites for hydroxylation is 2. The van der Waals surface area contributed by atoms with Crippen LogP contribution in [0.3, 0.4) is 0 Å². The van der Waals surface area contributed by atoms with Gasteiger partial charge in [0.2, 0.25) is 0 Å². The number of nitrogens with one attached hydrogen (secondary N) is 1. The van der Waals surface area contributed by atoms with Crippen LogP contribution in [-0.2, 0) is 18.4 Å². The molecule has 2 unspecified atom stereocenters. The number of rotatable bonds is 3. The summed E-state index contributed by atoms with van der Waals surface area (Å²) in [6, 6.07) is 0.752. The first-order valence-electron chi connectivity index (χ1n) is 8.75. The van der Waals surface area contributed by atoms with Crippen LogP contribution < -0.4 is 5.32 Å². The van der Waals surface area contributed by atoms with Gasteiger partial charge in [-0.25, -0.2) is 4.98 Å². The molecular formula is C18H28N2S. The Morgan fingerprint density at radius 3 is 2.57 bits per heavy atom. The van der Waals surface area contributed by atoms with Gasteiger partial charge in [0.25, 0.3) is 0 Å². The fourth-order valence-electron chi connectivity index (χ4n) is 4.68. The van der Waals surface area contributed by atoms with Gasteiger partial charge in [0, 0.05) is 10.9 Å². The lowest BCUT2D eigenvalue weighted by atomic mass is 9.86. The highest BCUT2D eigenvalue weighted by atomic mass is 32.1. The smallest absolute Gasteiger partial charge is 0.114 e. The number of aromatic nitrogens is 1. The summed E-state index contributed by atoms with van der Waals surface area (Å²) < 4.78 is 0. The average molecular weight is 305 g/mol. The zero-order valence-corrected chi connectivity index (χ0v) is 14.5. The summed E-state index contributed by atoms with van der Waals surface area (Å²) in [5.41, 5.74) is 2.02. The van der Waals surface area contributed by atoms with Crippen molar-refractivity contribution in [3.63, 3.8) is 0 Å². The molecule has 3 aliphatic rings. The molecule has 1 heterocycles. The second kappa shape index (κ2) is 4.79.